The van der Waals surface area contributed by atoms with Crippen molar-refractivity contribution < 1.29 is 4.79 Å². The molecule has 0 spiro atoms. The Balaban J connectivity index is 1.85. The number of hydrogen-bond acceptors (Lipinski definition) is 3. The molecule has 1 aromatic heterocycles. The van der Waals surface area contributed by atoms with E-state index < -0.39 is 0 Å². The Morgan fingerprint density at radius 3 is 2.85 bits per heavy atom. The molecule has 0 saturated heterocycles. The van der Waals surface area contributed by atoms with Crippen LogP contribution in [0, 0.1) is 6.92 Å². The molecule has 1 amide bonds. The first kappa shape index (κ1) is 13.6. The number of halogens is 1. The van der Waals surface area contributed by atoms with Crippen LogP contribution >= 0.6 is 27.3 Å². The molecule has 0 bridgehead atoms. The van der Waals surface area contributed by atoms with E-state index in [0.717, 1.165) is 27.8 Å². The highest BCUT2D eigenvalue weighted by molar-refractivity contribution is 9.10. The van der Waals surface area contributed by atoms with Gasteiger partial charge >= 0.3 is 0 Å². The van der Waals surface area contributed by atoms with Gasteiger partial charge in [0.25, 0.3) is 5.91 Å². The average molecular weight is 351 g/mol. The highest BCUT2D eigenvalue weighted by Crippen LogP contribution is 2.33. The van der Waals surface area contributed by atoms with Crippen LogP contribution in [0.2, 0.25) is 0 Å². The van der Waals surface area contributed by atoms with Crippen LogP contribution in [0.4, 0.5) is 11.4 Å². The van der Waals surface area contributed by atoms with E-state index >= 15 is 0 Å². The molecular weight excluding hydrogens is 336 g/mol. The number of aryl methyl sites for hydroxylation is 3. The summed E-state index contributed by atoms with van der Waals surface area (Å²) >= 11 is 5.05. The molecule has 0 radical (unpaired) electrons. The Morgan fingerprint density at radius 2 is 2.15 bits per heavy atom. The van der Waals surface area contributed by atoms with Crippen LogP contribution in [0.15, 0.2) is 22.7 Å². The third-order valence-corrected chi connectivity index (χ3v) is 5.34. The molecule has 5 heteroatoms. The normalized spacial score (nSPS) is 13.3. The molecule has 1 aliphatic rings. The molecule has 104 valence electrons. The van der Waals surface area contributed by atoms with Crippen molar-refractivity contribution in [1.29, 1.82) is 0 Å². The van der Waals surface area contributed by atoms with Crippen LogP contribution in [0.25, 0.3) is 0 Å². The molecule has 3 nitrogen and oxygen atoms in total. The van der Waals surface area contributed by atoms with Gasteiger partial charge in [-0.1, -0.05) is 0 Å². The molecule has 0 atom stereocenters. The summed E-state index contributed by atoms with van der Waals surface area (Å²) in [6.07, 6.45) is 3.40. The lowest BCUT2D eigenvalue weighted by atomic mass is 10.2. The van der Waals surface area contributed by atoms with Gasteiger partial charge in [0.2, 0.25) is 0 Å². The lowest BCUT2D eigenvalue weighted by Gasteiger charge is -2.10. The Kier molecular flexibility index (Phi) is 3.56. The number of anilines is 2. The van der Waals surface area contributed by atoms with Crippen molar-refractivity contribution in [3.8, 4) is 0 Å². The zero-order chi connectivity index (χ0) is 14.3. The summed E-state index contributed by atoms with van der Waals surface area (Å²) in [6, 6.07) is 5.82. The Hall–Kier alpha value is -1.33. The molecule has 1 aliphatic carbocycles. The van der Waals surface area contributed by atoms with Gasteiger partial charge in [-0.3, -0.25) is 4.79 Å². The molecule has 2 aromatic rings. The second kappa shape index (κ2) is 5.22. The first-order valence-electron chi connectivity index (χ1n) is 6.53. The number of nitrogens with two attached hydrogens (primary N) is 1. The average Bonchev–Trinajstić information content (AvgIpc) is 2.93. The molecule has 1 heterocycles. The van der Waals surface area contributed by atoms with Crippen molar-refractivity contribution in [2.75, 3.05) is 11.1 Å². The van der Waals surface area contributed by atoms with Crippen molar-refractivity contribution in [2.24, 2.45) is 0 Å². The van der Waals surface area contributed by atoms with Gasteiger partial charge in [0.05, 0.1) is 16.3 Å². The molecule has 0 aliphatic heterocycles. The maximum Gasteiger partial charge on any atom is 0.265 e. The largest absolute Gasteiger partial charge is 0.397 e. The number of carbonyl (C=O) groups is 1. The lowest BCUT2D eigenvalue weighted by molar-refractivity contribution is 0.103. The maximum absolute atomic E-state index is 12.3. The van der Waals surface area contributed by atoms with Gasteiger partial charge in [0.15, 0.2) is 0 Å². The molecule has 0 saturated carbocycles. The minimum Gasteiger partial charge on any atom is -0.397 e. The SMILES string of the molecule is Cc1cc(N)c(NC(=O)c2cc3c(s2)CCC3)c(Br)c1. The molecule has 20 heavy (non-hydrogen) atoms. The zero-order valence-corrected chi connectivity index (χ0v) is 13.5. The van der Waals surface area contributed by atoms with E-state index in [1.165, 1.54) is 16.9 Å². The van der Waals surface area contributed by atoms with Crippen LogP contribution in [-0.4, -0.2) is 5.91 Å². The summed E-state index contributed by atoms with van der Waals surface area (Å²) in [5, 5.41) is 2.91. The minimum absolute atomic E-state index is 0.0827. The van der Waals surface area contributed by atoms with Crippen LogP contribution < -0.4 is 11.1 Å². The third-order valence-electron chi connectivity index (χ3n) is 3.47. The van der Waals surface area contributed by atoms with Gasteiger partial charge in [-0.05, 0) is 71.4 Å². The second-order valence-electron chi connectivity index (χ2n) is 5.08. The number of fused-ring (bicyclic) bond motifs is 1. The van der Waals surface area contributed by atoms with E-state index in [1.807, 2.05) is 25.1 Å². The van der Waals surface area contributed by atoms with Gasteiger partial charge in [-0.2, -0.15) is 0 Å². The summed E-state index contributed by atoms with van der Waals surface area (Å²) in [7, 11) is 0. The van der Waals surface area contributed by atoms with E-state index in [2.05, 4.69) is 21.2 Å². The fraction of sp³-hybridized carbons (Fsp3) is 0.267. The van der Waals surface area contributed by atoms with Crippen molar-refractivity contribution in [3.05, 3.63) is 43.6 Å². The topological polar surface area (TPSA) is 55.1 Å². The number of rotatable bonds is 2. The number of thiophene rings is 1. The van der Waals surface area contributed by atoms with Gasteiger partial charge in [-0.25, -0.2) is 0 Å². The van der Waals surface area contributed by atoms with Crippen molar-refractivity contribution in [3.63, 3.8) is 0 Å². The van der Waals surface area contributed by atoms with Gasteiger partial charge < -0.3 is 11.1 Å². The number of hydrogen-bond donors (Lipinski definition) is 2. The van der Waals surface area contributed by atoms with E-state index in [1.54, 1.807) is 11.3 Å². The monoisotopic (exact) mass is 350 g/mol. The van der Waals surface area contributed by atoms with Crippen LogP contribution in [0.1, 0.15) is 32.1 Å². The van der Waals surface area contributed by atoms with E-state index in [-0.39, 0.29) is 5.91 Å². The standard InChI is InChI=1S/C15H15BrN2OS/c1-8-5-10(16)14(11(17)6-8)18-15(19)13-7-9-3-2-4-12(9)20-13/h5-7H,2-4,17H2,1H3,(H,18,19). The fourth-order valence-corrected chi connectivity index (χ4v) is 4.35. The van der Waals surface area contributed by atoms with E-state index in [4.69, 9.17) is 5.73 Å². The smallest absolute Gasteiger partial charge is 0.265 e. The summed E-state index contributed by atoms with van der Waals surface area (Å²) in [5.41, 5.74) is 9.59. The Morgan fingerprint density at radius 1 is 1.35 bits per heavy atom. The first-order valence-corrected chi connectivity index (χ1v) is 8.14. The summed E-state index contributed by atoms with van der Waals surface area (Å²) in [4.78, 5) is 14.5. The first-order chi connectivity index (χ1) is 9.54. The third kappa shape index (κ3) is 2.47. The quantitative estimate of drug-likeness (QED) is 0.799. The second-order valence-corrected chi connectivity index (χ2v) is 7.07. The summed E-state index contributed by atoms with van der Waals surface area (Å²) < 4.78 is 0.812. The molecule has 0 unspecified atom stereocenters. The summed E-state index contributed by atoms with van der Waals surface area (Å²) in [5.74, 6) is -0.0827. The lowest BCUT2D eigenvalue weighted by Crippen LogP contribution is -2.12. The zero-order valence-electron chi connectivity index (χ0n) is 11.1. The fourth-order valence-electron chi connectivity index (χ4n) is 2.52. The van der Waals surface area contributed by atoms with Gasteiger partial charge in [-0.15, -0.1) is 11.3 Å². The molecule has 1 aromatic carbocycles. The van der Waals surface area contributed by atoms with Crippen molar-refractivity contribution in [1.82, 2.24) is 0 Å². The minimum atomic E-state index is -0.0827. The van der Waals surface area contributed by atoms with Crippen LogP contribution in [-0.2, 0) is 12.8 Å². The predicted octanol–water partition coefficient (Wildman–Crippen LogP) is 4.14. The highest BCUT2D eigenvalue weighted by atomic mass is 79.9. The number of nitrogens with one attached hydrogen (secondary N) is 1. The summed E-state index contributed by atoms with van der Waals surface area (Å²) in [6.45, 7) is 1.97. The molecular formula is C15H15BrN2OS. The Bertz CT molecular complexity index is 649. The Labute approximate surface area is 130 Å². The van der Waals surface area contributed by atoms with Gasteiger partial charge in [0, 0.05) is 9.35 Å². The van der Waals surface area contributed by atoms with Crippen LogP contribution in [0.3, 0.4) is 0 Å². The maximum atomic E-state index is 12.3. The number of nitrogen functional groups attached to an aromatic ring is 1. The van der Waals surface area contributed by atoms with Gasteiger partial charge in [0.1, 0.15) is 0 Å². The molecule has 3 N–H and O–H groups in total. The molecule has 3 rings (SSSR count). The highest BCUT2D eigenvalue weighted by Gasteiger charge is 2.19. The number of carbonyl (C=O) groups excluding carboxylic acids is 1. The van der Waals surface area contributed by atoms with Crippen molar-refractivity contribution in [2.45, 2.75) is 26.2 Å². The number of amides is 1. The van der Waals surface area contributed by atoms with Crippen LogP contribution in [0.5, 0.6) is 0 Å². The van der Waals surface area contributed by atoms with E-state index in [9.17, 15) is 4.79 Å². The predicted molar refractivity (Wildman–Crippen MR) is 87.6 cm³/mol. The van der Waals surface area contributed by atoms with Crippen molar-refractivity contribution >= 4 is 44.5 Å². The number of benzene rings is 1. The van der Waals surface area contributed by atoms with E-state index in [0.29, 0.717) is 11.4 Å². The molecule has 0 fully saturated rings.